The molecule has 6 nitrogen and oxygen atoms in total. The summed E-state index contributed by atoms with van der Waals surface area (Å²) in [5.74, 6) is 1.79. The van der Waals surface area contributed by atoms with E-state index in [1.165, 1.54) is 37.9 Å². The Morgan fingerprint density at radius 3 is 2.38 bits per heavy atom. The molecule has 0 bridgehead atoms. The van der Waals surface area contributed by atoms with Gasteiger partial charge in [-0.1, -0.05) is 32.4 Å². The molecule has 1 aromatic rings. The Bertz CT molecular complexity index is 557. The molecule has 166 valence electrons. The average molecular weight is 518 g/mol. The normalized spacial score (nSPS) is 15.1. The van der Waals surface area contributed by atoms with Gasteiger partial charge in [-0.2, -0.15) is 0 Å². The van der Waals surface area contributed by atoms with Crippen molar-refractivity contribution in [1.29, 1.82) is 0 Å². The summed E-state index contributed by atoms with van der Waals surface area (Å²) in [6.07, 6.45) is 4.05. The SMILES string of the molecule is CCN(CC)CCOc1ccc(CNC(=NC)NCCN2CCCCC2)cc1.I. The lowest BCUT2D eigenvalue weighted by Gasteiger charge is -2.26. The molecule has 7 heteroatoms. The number of hydrogen-bond donors (Lipinski definition) is 2. The third-order valence-electron chi connectivity index (χ3n) is 5.35. The number of piperidine rings is 1. The Hall–Kier alpha value is -1.06. The second-order valence-corrected chi connectivity index (χ2v) is 7.27. The van der Waals surface area contributed by atoms with E-state index in [1.807, 2.05) is 19.2 Å². The van der Waals surface area contributed by atoms with E-state index in [1.54, 1.807) is 0 Å². The fourth-order valence-corrected chi connectivity index (χ4v) is 3.46. The van der Waals surface area contributed by atoms with Crippen molar-refractivity contribution < 1.29 is 4.74 Å². The summed E-state index contributed by atoms with van der Waals surface area (Å²) in [6, 6.07) is 8.32. The number of rotatable bonds is 11. The van der Waals surface area contributed by atoms with E-state index in [2.05, 4.69) is 51.4 Å². The molecule has 0 aliphatic carbocycles. The first-order valence-corrected chi connectivity index (χ1v) is 10.9. The number of hydrogen-bond acceptors (Lipinski definition) is 4. The Morgan fingerprint density at radius 1 is 1.07 bits per heavy atom. The highest BCUT2D eigenvalue weighted by Gasteiger charge is 2.09. The van der Waals surface area contributed by atoms with E-state index < -0.39 is 0 Å². The van der Waals surface area contributed by atoms with Gasteiger partial charge in [-0.3, -0.25) is 4.99 Å². The van der Waals surface area contributed by atoms with Crippen LogP contribution in [0, 0.1) is 0 Å². The molecular weight excluding hydrogens is 477 g/mol. The summed E-state index contributed by atoms with van der Waals surface area (Å²) < 4.78 is 5.85. The lowest BCUT2D eigenvalue weighted by Crippen LogP contribution is -2.42. The largest absolute Gasteiger partial charge is 0.492 e. The number of aliphatic imine (C=N–C) groups is 1. The predicted octanol–water partition coefficient (Wildman–Crippen LogP) is 3.18. The standard InChI is InChI=1S/C22H39N5O.HI/c1-4-26(5-2)17-18-28-21-11-9-20(10-12-21)19-25-22(23-3)24-13-16-27-14-7-6-8-15-27;/h9-12H,4-8,13-19H2,1-3H3,(H2,23,24,25);1H. The molecule has 1 aliphatic heterocycles. The van der Waals surface area contributed by atoms with E-state index >= 15 is 0 Å². The van der Waals surface area contributed by atoms with Crippen LogP contribution in [0.3, 0.4) is 0 Å². The summed E-state index contributed by atoms with van der Waals surface area (Å²) in [5.41, 5.74) is 1.22. The van der Waals surface area contributed by atoms with Gasteiger partial charge in [0, 0.05) is 33.2 Å². The van der Waals surface area contributed by atoms with Crippen LogP contribution in [0.2, 0.25) is 0 Å². The van der Waals surface area contributed by atoms with Crippen molar-refractivity contribution in [3.63, 3.8) is 0 Å². The summed E-state index contributed by atoms with van der Waals surface area (Å²) in [5, 5.41) is 6.80. The third kappa shape index (κ3) is 10.5. The van der Waals surface area contributed by atoms with Crippen molar-refractivity contribution >= 4 is 29.9 Å². The van der Waals surface area contributed by atoms with Crippen LogP contribution in [0.5, 0.6) is 5.75 Å². The average Bonchev–Trinajstić information content (AvgIpc) is 2.75. The van der Waals surface area contributed by atoms with Crippen LogP contribution in [0.25, 0.3) is 0 Å². The van der Waals surface area contributed by atoms with Crippen LogP contribution >= 0.6 is 24.0 Å². The fourth-order valence-electron chi connectivity index (χ4n) is 3.46. The first kappa shape index (κ1) is 26.0. The highest BCUT2D eigenvalue weighted by atomic mass is 127. The lowest BCUT2D eigenvalue weighted by molar-refractivity contribution is 0.223. The minimum absolute atomic E-state index is 0. The predicted molar refractivity (Wildman–Crippen MR) is 134 cm³/mol. The van der Waals surface area contributed by atoms with Crippen molar-refractivity contribution in [2.24, 2.45) is 4.99 Å². The van der Waals surface area contributed by atoms with Crippen LogP contribution in [0.1, 0.15) is 38.7 Å². The van der Waals surface area contributed by atoms with Crippen molar-refractivity contribution in [2.75, 3.05) is 59.5 Å². The number of likely N-dealkylation sites (N-methyl/N-ethyl adjacent to an activating group) is 1. The number of guanidine groups is 1. The van der Waals surface area contributed by atoms with Crippen LogP contribution in [0.15, 0.2) is 29.3 Å². The first-order chi connectivity index (χ1) is 13.7. The number of benzene rings is 1. The van der Waals surface area contributed by atoms with Gasteiger partial charge in [0.15, 0.2) is 5.96 Å². The zero-order valence-corrected chi connectivity index (χ0v) is 20.8. The number of likely N-dealkylation sites (tertiary alicyclic amines) is 1. The minimum Gasteiger partial charge on any atom is -0.492 e. The van der Waals surface area contributed by atoms with Gasteiger partial charge in [-0.05, 0) is 56.7 Å². The molecule has 1 aromatic carbocycles. The summed E-state index contributed by atoms with van der Waals surface area (Å²) >= 11 is 0. The van der Waals surface area contributed by atoms with E-state index in [0.717, 1.165) is 57.6 Å². The fraction of sp³-hybridized carbons (Fsp3) is 0.682. The maximum atomic E-state index is 5.85. The third-order valence-corrected chi connectivity index (χ3v) is 5.35. The van der Waals surface area contributed by atoms with Gasteiger partial charge in [0.25, 0.3) is 0 Å². The van der Waals surface area contributed by atoms with Gasteiger partial charge in [0.2, 0.25) is 0 Å². The zero-order valence-electron chi connectivity index (χ0n) is 18.5. The van der Waals surface area contributed by atoms with Gasteiger partial charge < -0.3 is 25.2 Å². The van der Waals surface area contributed by atoms with E-state index in [9.17, 15) is 0 Å². The molecule has 29 heavy (non-hydrogen) atoms. The molecule has 2 rings (SSSR count). The topological polar surface area (TPSA) is 52.1 Å². The minimum atomic E-state index is 0. The molecular formula is C22H40IN5O. The smallest absolute Gasteiger partial charge is 0.191 e. The van der Waals surface area contributed by atoms with E-state index in [4.69, 9.17) is 4.74 Å². The molecule has 0 saturated carbocycles. The van der Waals surface area contributed by atoms with Crippen molar-refractivity contribution in [3.05, 3.63) is 29.8 Å². The molecule has 0 amide bonds. The molecule has 1 saturated heterocycles. The summed E-state index contributed by atoms with van der Waals surface area (Å²) in [7, 11) is 1.82. The number of halogens is 1. The molecule has 0 unspecified atom stereocenters. The Morgan fingerprint density at radius 2 is 1.76 bits per heavy atom. The monoisotopic (exact) mass is 517 g/mol. The molecule has 0 aromatic heterocycles. The molecule has 0 radical (unpaired) electrons. The van der Waals surface area contributed by atoms with Crippen molar-refractivity contribution in [3.8, 4) is 5.75 Å². The van der Waals surface area contributed by atoms with E-state index in [-0.39, 0.29) is 24.0 Å². The first-order valence-electron chi connectivity index (χ1n) is 10.9. The Labute approximate surface area is 194 Å². The highest BCUT2D eigenvalue weighted by molar-refractivity contribution is 14.0. The lowest BCUT2D eigenvalue weighted by atomic mass is 10.1. The van der Waals surface area contributed by atoms with Gasteiger partial charge in [-0.25, -0.2) is 0 Å². The quantitative estimate of drug-likeness (QED) is 0.268. The molecule has 0 spiro atoms. The van der Waals surface area contributed by atoms with Crippen LogP contribution in [0.4, 0.5) is 0 Å². The molecule has 1 heterocycles. The van der Waals surface area contributed by atoms with Crippen molar-refractivity contribution in [2.45, 2.75) is 39.7 Å². The Kier molecular flexibility index (Phi) is 14.1. The van der Waals surface area contributed by atoms with Crippen LogP contribution in [-0.4, -0.2) is 75.2 Å². The van der Waals surface area contributed by atoms with Crippen LogP contribution in [-0.2, 0) is 6.54 Å². The van der Waals surface area contributed by atoms with Gasteiger partial charge in [0.1, 0.15) is 12.4 Å². The van der Waals surface area contributed by atoms with Gasteiger partial charge >= 0.3 is 0 Å². The molecule has 0 atom stereocenters. The van der Waals surface area contributed by atoms with Crippen molar-refractivity contribution in [1.82, 2.24) is 20.4 Å². The second-order valence-electron chi connectivity index (χ2n) is 7.27. The Balaban J connectivity index is 0.00000420. The van der Waals surface area contributed by atoms with Gasteiger partial charge in [-0.15, -0.1) is 24.0 Å². The van der Waals surface area contributed by atoms with E-state index in [0.29, 0.717) is 0 Å². The number of nitrogens with zero attached hydrogens (tertiary/aromatic N) is 3. The maximum absolute atomic E-state index is 5.85. The summed E-state index contributed by atoms with van der Waals surface area (Å²) in [6.45, 7) is 13.4. The summed E-state index contributed by atoms with van der Waals surface area (Å²) in [4.78, 5) is 9.22. The second kappa shape index (κ2) is 15.7. The molecule has 1 aliphatic rings. The highest BCUT2D eigenvalue weighted by Crippen LogP contribution is 2.12. The maximum Gasteiger partial charge on any atom is 0.191 e. The molecule has 2 N–H and O–H groups in total. The number of nitrogens with one attached hydrogen (secondary N) is 2. The zero-order chi connectivity index (χ0) is 20.0. The van der Waals surface area contributed by atoms with Crippen LogP contribution < -0.4 is 15.4 Å². The van der Waals surface area contributed by atoms with Gasteiger partial charge in [0.05, 0.1) is 0 Å². The number of ether oxygens (including phenoxy) is 1. The molecule has 1 fully saturated rings.